The lowest BCUT2D eigenvalue weighted by molar-refractivity contribution is 0.0596. The number of carbonyl (C=O) groups is 2. The van der Waals surface area contributed by atoms with Crippen molar-refractivity contribution in [2.45, 2.75) is 13.8 Å². The highest BCUT2D eigenvalue weighted by Gasteiger charge is 2.22. The number of hydrogen-bond donors (Lipinski definition) is 0. The van der Waals surface area contributed by atoms with Gasteiger partial charge in [-0.1, -0.05) is 13.8 Å². The third-order valence-corrected chi connectivity index (χ3v) is 2.86. The van der Waals surface area contributed by atoms with Gasteiger partial charge < -0.3 is 4.74 Å². The quantitative estimate of drug-likeness (QED) is 0.636. The van der Waals surface area contributed by atoms with Crippen molar-refractivity contribution in [2.75, 3.05) is 7.11 Å². The first-order valence-corrected chi connectivity index (χ1v) is 5.79. The van der Waals surface area contributed by atoms with Crippen LogP contribution in [0.2, 0.25) is 0 Å². The van der Waals surface area contributed by atoms with Crippen molar-refractivity contribution in [3.8, 4) is 0 Å². The van der Waals surface area contributed by atoms with E-state index in [1.807, 2.05) is 0 Å². The molecular weight excluding hydrogens is 291 g/mol. The predicted octanol–water partition coefficient (Wildman–Crippen LogP) is 3.21. The number of halogens is 2. The minimum atomic E-state index is -0.658. The van der Waals surface area contributed by atoms with Crippen molar-refractivity contribution >= 4 is 27.7 Å². The number of ether oxygens (including phenoxy) is 1. The van der Waals surface area contributed by atoms with Crippen LogP contribution in [-0.2, 0) is 4.74 Å². The molecule has 1 aromatic rings. The number of rotatable bonds is 3. The summed E-state index contributed by atoms with van der Waals surface area (Å²) in [6.45, 7) is 3.37. The number of Topliss-reactive ketones (excluding diaryl/α,β-unsaturated/α-hetero) is 1. The molecule has 0 amide bonds. The van der Waals surface area contributed by atoms with Gasteiger partial charge in [-0.3, -0.25) is 4.79 Å². The summed E-state index contributed by atoms with van der Waals surface area (Å²) in [6.07, 6.45) is 0. The topological polar surface area (TPSA) is 43.4 Å². The van der Waals surface area contributed by atoms with Crippen LogP contribution in [0.4, 0.5) is 4.39 Å². The molecule has 0 fully saturated rings. The molecular formula is C12H12BrFO3. The fourth-order valence-electron chi connectivity index (χ4n) is 1.34. The van der Waals surface area contributed by atoms with Crippen LogP contribution in [0, 0.1) is 11.7 Å². The van der Waals surface area contributed by atoms with E-state index in [1.165, 1.54) is 13.2 Å². The number of methoxy groups -OCH3 is 1. The highest BCUT2D eigenvalue weighted by atomic mass is 79.9. The van der Waals surface area contributed by atoms with Crippen LogP contribution in [0.3, 0.4) is 0 Å². The third kappa shape index (κ3) is 2.91. The number of hydrogen-bond acceptors (Lipinski definition) is 3. The van der Waals surface area contributed by atoms with Crippen LogP contribution >= 0.6 is 15.9 Å². The summed E-state index contributed by atoms with van der Waals surface area (Å²) >= 11 is 2.97. The molecule has 5 heteroatoms. The van der Waals surface area contributed by atoms with Gasteiger partial charge in [0.2, 0.25) is 0 Å². The highest BCUT2D eigenvalue weighted by molar-refractivity contribution is 9.10. The van der Waals surface area contributed by atoms with E-state index in [0.29, 0.717) is 0 Å². The number of benzene rings is 1. The maximum Gasteiger partial charge on any atom is 0.338 e. The largest absolute Gasteiger partial charge is 0.465 e. The van der Waals surface area contributed by atoms with Gasteiger partial charge in [0.1, 0.15) is 5.82 Å². The van der Waals surface area contributed by atoms with E-state index < -0.39 is 11.8 Å². The molecule has 1 rings (SSSR count). The zero-order valence-electron chi connectivity index (χ0n) is 9.71. The molecule has 0 saturated heterocycles. The molecule has 0 heterocycles. The lowest BCUT2D eigenvalue weighted by atomic mass is 9.96. The van der Waals surface area contributed by atoms with E-state index in [9.17, 15) is 14.0 Å². The average Bonchev–Trinajstić information content (AvgIpc) is 2.29. The molecule has 0 unspecified atom stereocenters. The molecule has 0 atom stereocenters. The SMILES string of the molecule is COC(=O)c1cc(Br)c(F)cc1C(=O)C(C)C. The number of carbonyl (C=O) groups excluding carboxylic acids is 2. The van der Waals surface area contributed by atoms with E-state index in [2.05, 4.69) is 20.7 Å². The fourth-order valence-corrected chi connectivity index (χ4v) is 1.68. The smallest absolute Gasteiger partial charge is 0.338 e. The van der Waals surface area contributed by atoms with Crippen molar-refractivity contribution in [3.63, 3.8) is 0 Å². The van der Waals surface area contributed by atoms with E-state index in [-0.39, 0.29) is 27.3 Å². The van der Waals surface area contributed by atoms with Crippen LogP contribution < -0.4 is 0 Å². The summed E-state index contributed by atoms with van der Waals surface area (Å²) in [4.78, 5) is 23.4. The van der Waals surface area contributed by atoms with Gasteiger partial charge in [0, 0.05) is 11.5 Å². The van der Waals surface area contributed by atoms with Crippen molar-refractivity contribution < 1.29 is 18.7 Å². The lowest BCUT2D eigenvalue weighted by Gasteiger charge is -2.10. The molecule has 0 saturated carbocycles. The van der Waals surface area contributed by atoms with Gasteiger partial charge in [-0.15, -0.1) is 0 Å². The minimum absolute atomic E-state index is 0.0487. The van der Waals surface area contributed by atoms with Gasteiger partial charge in [-0.05, 0) is 28.1 Å². The summed E-state index contributed by atoms with van der Waals surface area (Å²) in [6, 6.07) is 2.31. The molecule has 0 aliphatic carbocycles. The highest BCUT2D eigenvalue weighted by Crippen LogP contribution is 2.23. The normalized spacial score (nSPS) is 10.5. The number of esters is 1. The molecule has 0 radical (unpaired) electrons. The summed E-state index contributed by atoms with van der Waals surface area (Å²) in [5, 5.41) is 0. The monoisotopic (exact) mass is 302 g/mol. The van der Waals surface area contributed by atoms with Crippen LogP contribution in [-0.4, -0.2) is 18.9 Å². The van der Waals surface area contributed by atoms with Crippen molar-refractivity contribution in [2.24, 2.45) is 5.92 Å². The Bertz CT molecular complexity index is 469. The molecule has 0 aliphatic heterocycles. The molecule has 3 nitrogen and oxygen atoms in total. The molecule has 0 aliphatic rings. The van der Waals surface area contributed by atoms with Crippen LogP contribution in [0.1, 0.15) is 34.6 Å². The Morgan fingerprint density at radius 2 is 1.88 bits per heavy atom. The van der Waals surface area contributed by atoms with E-state index in [0.717, 1.165) is 6.07 Å². The Kier molecular flexibility index (Phi) is 4.40. The summed E-state index contributed by atoms with van der Waals surface area (Å²) < 4.78 is 18.1. The van der Waals surface area contributed by atoms with Gasteiger partial charge in [0.15, 0.2) is 5.78 Å². The second kappa shape index (κ2) is 5.40. The Hall–Kier alpha value is -1.23. The Balaban J connectivity index is 3.41. The van der Waals surface area contributed by atoms with E-state index >= 15 is 0 Å². The first-order chi connectivity index (χ1) is 7.88. The van der Waals surface area contributed by atoms with Gasteiger partial charge >= 0.3 is 5.97 Å². The number of ketones is 1. The first-order valence-electron chi connectivity index (χ1n) is 5.00. The predicted molar refractivity (Wildman–Crippen MR) is 64.6 cm³/mol. The second-order valence-corrected chi connectivity index (χ2v) is 4.68. The van der Waals surface area contributed by atoms with Crippen LogP contribution in [0.15, 0.2) is 16.6 Å². The Morgan fingerprint density at radius 1 is 1.29 bits per heavy atom. The third-order valence-electron chi connectivity index (χ3n) is 2.26. The van der Waals surface area contributed by atoms with Crippen molar-refractivity contribution in [1.82, 2.24) is 0 Å². The zero-order chi connectivity index (χ0) is 13.2. The minimum Gasteiger partial charge on any atom is -0.465 e. The Morgan fingerprint density at radius 3 is 2.35 bits per heavy atom. The Labute approximate surface area is 107 Å². The molecule has 0 bridgehead atoms. The molecule has 0 spiro atoms. The summed E-state index contributed by atoms with van der Waals surface area (Å²) in [7, 11) is 1.21. The van der Waals surface area contributed by atoms with Crippen molar-refractivity contribution in [1.29, 1.82) is 0 Å². The molecule has 0 N–H and O–H groups in total. The molecule has 1 aromatic carbocycles. The van der Waals surface area contributed by atoms with Crippen LogP contribution in [0.25, 0.3) is 0 Å². The van der Waals surface area contributed by atoms with E-state index in [1.54, 1.807) is 13.8 Å². The molecule has 0 aromatic heterocycles. The summed E-state index contributed by atoms with van der Waals surface area (Å²) in [5.41, 5.74) is 0.118. The maximum absolute atomic E-state index is 13.4. The lowest BCUT2D eigenvalue weighted by Crippen LogP contribution is -2.15. The second-order valence-electron chi connectivity index (χ2n) is 3.82. The molecule has 92 valence electrons. The van der Waals surface area contributed by atoms with Crippen molar-refractivity contribution in [3.05, 3.63) is 33.5 Å². The maximum atomic E-state index is 13.4. The molecule has 17 heavy (non-hydrogen) atoms. The van der Waals surface area contributed by atoms with Gasteiger partial charge in [0.25, 0.3) is 0 Å². The van der Waals surface area contributed by atoms with E-state index in [4.69, 9.17) is 0 Å². The fraction of sp³-hybridized carbons (Fsp3) is 0.333. The zero-order valence-corrected chi connectivity index (χ0v) is 11.3. The first kappa shape index (κ1) is 13.8. The average molecular weight is 303 g/mol. The van der Waals surface area contributed by atoms with Crippen LogP contribution in [0.5, 0.6) is 0 Å². The van der Waals surface area contributed by atoms with Gasteiger partial charge in [-0.2, -0.15) is 0 Å². The summed E-state index contributed by atoms with van der Waals surface area (Å²) in [5.74, 6) is -1.85. The van der Waals surface area contributed by atoms with Gasteiger partial charge in [0.05, 0.1) is 17.1 Å². The van der Waals surface area contributed by atoms with Gasteiger partial charge in [-0.25, -0.2) is 9.18 Å². The standard InChI is InChI=1S/C12H12BrFO3/c1-6(2)11(15)7-5-10(14)9(13)4-8(7)12(16)17-3/h4-6H,1-3H3.